The van der Waals surface area contributed by atoms with Gasteiger partial charge in [-0.25, -0.2) is 4.79 Å². The Hall–Kier alpha value is -1.28. The lowest BCUT2D eigenvalue weighted by Crippen LogP contribution is -2.05. The first-order valence-corrected chi connectivity index (χ1v) is 7.73. The van der Waals surface area contributed by atoms with E-state index >= 15 is 0 Å². The summed E-state index contributed by atoms with van der Waals surface area (Å²) in [5.74, 6) is -0.292. The molecule has 1 N–H and O–H groups in total. The van der Waals surface area contributed by atoms with Gasteiger partial charge in [-0.05, 0) is 48.4 Å². The van der Waals surface area contributed by atoms with Crippen LogP contribution in [0.15, 0.2) is 23.8 Å². The van der Waals surface area contributed by atoms with Crippen LogP contribution >= 0.6 is 11.6 Å². The van der Waals surface area contributed by atoms with Gasteiger partial charge < -0.3 is 5.11 Å². The topological polar surface area (TPSA) is 37.3 Å². The summed E-state index contributed by atoms with van der Waals surface area (Å²) in [5.41, 5.74) is 2.50. The van der Waals surface area contributed by atoms with Gasteiger partial charge in [-0.2, -0.15) is 0 Å². The van der Waals surface area contributed by atoms with Crippen LogP contribution < -0.4 is 0 Å². The molecule has 1 aromatic carbocycles. The molecule has 1 saturated carbocycles. The monoisotopic (exact) mass is 292 g/mol. The van der Waals surface area contributed by atoms with E-state index in [4.69, 9.17) is 16.7 Å². The zero-order valence-electron chi connectivity index (χ0n) is 11.9. The van der Waals surface area contributed by atoms with E-state index in [0.717, 1.165) is 10.6 Å². The number of carboxylic acid groups (broad SMARTS) is 1. The second-order valence-corrected chi connectivity index (χ2v) is 5.85. The molecule has 1 aliphatic carbocycles. The molecule has 1 aromatic rings. The van der Waals surface area contributed by atoms with Crippen molar-refractivity contribution in [1.82, 2.24) is 0 Å². The lowest BCUT2D eigenvalue weighted by atomic mass is 9.84. The third-order valence-corrected chi connectivity index (χ3v) is 4.39. The van der Waals surface area contributed by atoms with Gasteiger partial charge in [-0.15, -0.1) is 0 Å². The molecule has 108 valence electrons. The van der Waals surface area contributed by atoms with Crippen molar-refractivity contribution >= 4 is 23.6 Å². The minimum atomic E-state index is -0.861. The number of aliphatic carboxylic acids is 1. The molecular weight excluding hydrogens is 272 g/mol. The molecule has 20 heavy (non-hydrogen) atoms. The molecule has 1 fully saturated rings. The van der Waals surface area contributed by atoms with Crippen LogP contribution in [-0.2, 0) is 4.79 Å². The van der Waals surface area contributed by atoms with Gasteiger partial charge in [0.15, 0.2) is 0 Å². The van der Waals surface area contributed by atoms with Gasteiger partial charge in [0.25, 0.3) is 0 Å². The van der Waals surface area contributed by atoms with Gasteiger partial charge in [-0.1, -0.05) is 49.9 Å². The van der Waals surface area contributed by atoms with E-state index in [1.165, 1.54) is 37.7 Å². The summed E-state index contributed by atoms with van der Waals surface area (Å²) in [6, 6.07) is 5.94. The van der Waals surface area contributed by atoms with E-state index in [0.29, 0.717) is 17.9 Å². The van der Waals surface area contributed by atoms with Crippen LogP contribution in [0.3, 0.4) is 0 Å². The second kappa shape index (κ2) is 6.94. The Labute approximate surface area is 125 Å². The maximum atomic E-state index is 11.0. The minimum absolute atomic E-state index is 0.409. The number of hydrogen-bond acceptors (Lipinski definition) is 1. The van der Waals surface area contributed by atoms with Crippen molar-refractivity contribution in [2.75, 3.05) is 0 Å². The molecule has 0 aromatic heterocycles. The van der Waals surface area contributed by atoms with Crippen LogP contribution in [0, 0.1) is 0 Å². The van der Waals surface area contributed by atoms with Crippen molar-refractivity contribution in [2.45, 2.75) is 51.4 Å². The van der Waals surface area contributed by atoms with E-state index in [9.17, 15) is 4.79 Å². The van der Waals surface area contributed by atoms with E-state index in [1.54, 1.807) is 6.08 Å². The number of hydrogen-bond donors (Lipinski definition) is 1. The average Bonchev–Trinajstić information content (AvgIpc) is 2.45. The van der Waals surface area contributed by atoms with Gasteiger partial charge in [0.2, 0.25) is 0 Å². The predicted molar refractivity (Wildman–Crippen MR) is 83.2 cm³/mol. The molecule has 0 aliphatic heterocycles. The molecule has 0 amide bonds. The first-order valence-electron chi connectivity index (χ1n) is 7.35. The second-order valence-electron chi connectivity index (χ2n) is 5.44. The number of carbonyl (C=O) groups is 1. The summed E-state index contributed by atoms with van der Waals surface area (Å²) in [7, 11) is 0. The van der Waals surface area contributed by atoms with E-state index < -0.39 is 5.97 Å². The Balaban J connectivity index is 2.23. The highest BCUT2D eigenvalue weighted by atomic mass is 35.5. The summed E-state index contributed by atoms with van der Waals surface area (Å²) in [4.78, 5) is 11.0. The molecule has 2 rings (SSSR count). The number of carboxylic acids is 1. The molecule has 0 radical (unpaired) electrons. The van der Waals surface area contributed by atoms with E-state index in [-0.39, 0.29) is 0 Å². The highest BCUT2D eigenvalue weighted by Crippen LogP contribution is 2.36. The fourth-order valence-electron chi connectivity index (χ4n) is 2.89. The third-order valence-electron chi connectivity index (χ3n) is 4.07. The highest BCUT2D eigenvalue weighted by molar-refractivity contribution is 6.31. The molecule has 3 heteroatoms. The molecule has 0 bridgehead atoms. The van der Waals surface area contributed by atoms with Crippen molar-refractivity contribution in [2.24, 2.45) is 0 Å². The van der Waals surface area contributed by atoms with Crippen LogP contribution in [0.25, 0.3) is 6.08 Å². The Morgan fingerprint density at radius 2 is 2.05 bits per heavy atom. The summed E-state index contributed by atoms with van der Waals surface area (Å²) in [5, 5.41) is 9.83. The first-order chi connectivity index (χ1) is 9.61. The standard InChI is InChI=1S/C17H21ClO2/c1-2-13(17(19)20)10-12-8-9-15(16(18)11-12)14-6-4-3-5-7-14/h8-11,14H,2-7H2,1H3,(H,19,20). The van der Waals surface area contributed by atoms with Crippen molar-refractivity contribution in [1.29, 1.82) is 0 Å². The Morgan fingerprint density at radius 3 is 2.60 bits per heavy atom. The van der Waals surface area contributed by atoms with Gasteiger partial charge in [-0.3, -0.25) is 0 Å². The van der Waals surface area contributed by atoms with E-state index in [1.807, 2.05) is 19.1 Å². The molecule has 1 aliphatic rings. The highest BCUT2D eigenvalue weighted by Gasteiger charge is 2.18. The van der Waals surface area contributed by atoms with Crippen molar-refractivity contribution < 1.29 is 9.90 Å². The zero-order chi connectivity index (χ0) is 14.5. The van der Waals surface area contributed by atoms with Gasteiger partial charge in [0.1, 0.15) is 0 Å². The molecule has 0 unspecified atom stereocenters. The fourth-order valence-corrected chi connectivity index (χ4v) is 3.24. The Bertz CT molecular complexity index is 514. The molecule has 0 spiro atoms. The minimum Gasteiger partial charge on any atom is -0.478 e. The normalized spacial score (nSPS) is 17.2. The molecular formula is C17H21ClO2. The van der Waals surface area contributed by atoms with Gasteiger partial charge in [0.05, 0.1) is 0 Å². The van der Waals surface area contributed by atoms with Crippen LogP contribution in [0.5, 0.6) is 0 Å². The Morgan fingerprint density at radius 1 is 1.35 bits per heavy atom. The fraction of sp³-hybridized carbons (Fsp3) is 0.471. The summed E-state index contributed by atoms with van der Waals surface area (Å²) < 4.78 is 0. The van der Waals surface area contributed by atoms with Crippen molar-refractivity contribution in [3.05, 3.63) is 39.9 Å². The largest absolute Gasteiger partial charge is 0.478 e. The summed E-state index contributed by atoms with van der Waals surface area (Å²) in [6.07, 6.45) is 8.53. The first kappa shape index (κ1) is 15.1. The van der Waals surface area contributed by atoms with Crippen LogP contribution in [0.4, 0.5) is 0 Å². The van der Waals surface area contributed by atoms with Crippen LogP contribution in [0.1, 0.15) is 62.5 Å². The van der Waals surface area contributed by atoms with Crippen molar-refractivity contribution in [3.8, 4) is 0 Å². The van der Waals surface area contributed by atoms with Crippen molar-refractivity contribution in [3.63, 3.8) is 0 Å². The lowest BCUT2D eigenvalue weighted by molar-refractivity contribution is -0.132. The Kier molecular flexibility index (Phi) is 5.24. The SMILES string of the molecule is CCC(=Cc1ccc(C2CCCCC2)c(Cl)c1)C(=O)O. The maximum absolute atomic E-state index is 11.0. The van der Waals surface area contributed by atoms with Crippen LogP contribution in [-0.4, -0.2) is 11.1 Å². The third kappa shape index (κ3) is 3.63. The number of halogens is 1. The predicted octanol–water partition coefficient (Wildman–Crippen LogP) is 5.27. The maximum Gasteiger partial charge on any atom is 0.331 e. The van der Waals surface area contributed by atoms with Gasteiger partial charge in [0, 0.05) is 10.6 Å². The smallest absolute Gasteiger partial charge is 0.331 e. The zero-order valence-corrected chi connectivity index (χ0v) is 12.6. The lowest BCUT2D eigenvalue weighted by Gasteiger charge is -2.23. The number of benzene rings is 1. The quantitative estimate of drug-likeness (QED) is 0.768. The summed E-state index contributed by atoms with van der Waals surface area (Å²) in [6.45, 7) is 1.85. The molecule has 2 nitrogen and oxygen atoms in total. The molecule has 0 atom stereocenters. The number of rotatable bonds is 4. The molecule has 0 saturated heterocycles. The summed E-state index contributed by atoms with van der Waals surface area (Å²) >= 11 is 6.39. The van der Waals surface area contributed by atoms with E-state index in [2.05, 4.69) is 6.07 Å². The van der Waals surface area contributed by atoms with Gasteiger partial charge >= 0.3 is 5.97 Å². The van der Waals surface area contributed by atoms with Crippen LogP contribution in [0.2, 0.25) is 5.02 Å². The average molecular weight is 293 g/mol. The molecule has 0 heterocycles.